The van der Waals surface area contributed by atoms with Crippen molar-refractivity contribution < 1.29 is 8.42 Å². The van der Waals surface area contributed by atoms with Crippen molar-refractivity contribution in [2.24, 2.45) is 0 Å². The Bertz CT molecular complexity index is 374. The van der Waals surface area contributed by atoms with Crippen LogP contribution in [0.4, 0.5) is 0 Å². The van der Waals surface area contributed by atoms with Gasteiger partial charge in [-0.25, -0.2) is 8.42 Å². The summed E-state index contributed by atoms with van der Waals surface area (Å²) < 4.78 is 22.8. The first-order valence-corrected chi connectivity index (χ1v) is 7.26. The van der Waals surface area contributed by atoms with Gasteiger partial charge in [0.1, 0.15) is 5.54 Å². The van der Waals surface area contributed by atoms with Crippen molar-refractivity contribution in [3.8, 4) is 6.07 Å². The van der Waals surface area contributed by atoms with E-state index >= 15 is 0 Å². The Balaban J connectivity index is 2.60. The number of nitrogens with zero attached hydrogens (tertiary/aromatic N) is 2. The van der Waals surface area contributed by atoms with Crippen LogP contribution in [-0.4, -0.2) is 57.0 Å². The average molecular weight is 245 g/mol. The van der Waals surface area contributed by atoms with Crippen LogP contribution in [0.3, 0.4) is 0 Å². The van der Waals surface area contributed by atoms with Crippen molar-refractivity contribution in [1.82, 2.24) is 10.2 Å². The maximum absolute atomic E-state index is 11.4. The summed E-state index contributed by atoms with van der Waals surface area (Å²) in [5, 5.41) is 12.0. The summed E-state index contributed by atoms with van der Waals surface area (Å²) in [6.45, 7) is 3.67. The second-order valence-corrected chi connectivity index (χ2v) is 6.78. The van der Waals surface area contributed by atoms with E-state index in [1.165, 1.54) is 0 Å². The highest BCUT2D eigenvalue weighted by molar-refractivity contribution is 7.91. The highest BCUT2D eigenvalue weighted by atomic mass is 32.2. The van der Waals surface area contributed by atoms with Gasteiger partial charge in [0.2, 0.25) is 0 Å². The summed E-state index contributed by atoms with van der Waals surface area (Å²) in [6, 6.07) is 2.21. The zero-order valence-electron chi connectivity index (χ0n) is 9.86. The lowest BCUT2D eigenvalue weighted by atomic mass is 10.0. The van der Waals surface area contributed by atoms with Crippen LogP contribution in [0.15, 0.2) is 0 Å². The van der Waals surface area contributed by atoms with E-state index in [2.05, 4.69) is 11.4 Å². The Morgan fingerprint density at radius 2 is 2.12 bits per heavy atom. The summed E-state index contributed by atoms with van der Waals surface area (Å²) in [6.07, 6.45) is 0.660. The number of sulfone groups is 1. The van der Waals surface area contributed by atoms with Crippen LogP contribution in [0.1, 0.15) is 13.3 Å². The Morgan fingerprint density at radius 1 is 1.44 bits per heavy atom. The largest absolute Gasteiger partial charge is 0.302 e. The normalized spacial score (nSPS) is 25.3. The molecule has 1 unspecified atom stereocenters. The minimum absolute atomic E-state index is 0.207. The molecule has 0 aromatic heterocycles. The summed E-state index contributed by atoms with van der Waals surface area (Å²) in [4.78, 5) is 2.05. The van der Waals surface area contributed by atoms with Crippen LogP contribution in [0.5, 0.6) is 0 Å². The zero-order chi connectivity index (χ0) is 12.2. The predicted octanol–water partition coefficient (Wildman–Crippen LogP) is -0.391. The molecular formula is C10H19N3O2S. The molecule has 16 heavy (non-hydrogen) atoms. The Morgan fingerprint density at radius 3 is 2.69 bits per heavy atom. The van der Waals surface area contributed by atoms with E-state index in [4.69, 9.17) is 5.26 Å². The standard InChI is InChI=1S/C10H19N3O2S/c1-10(8-11,12-2)9-13-4-3-6-16(14,15)7-5-13/h12H,3-7,9H2,1-2H3. The molecule has 0 spiro atoms. The van der Waals surface area contributed by atoms with Gasteiger partial charge < -0.3 is 5.32 Å². The number of nitrogens with one attached hydrogen (secondary N) is 1. The highest BCUT2D eigenvalue weighted by Gasteiger charge is 2.27. The fraction of sp³-hybridized carbons (Fsp3) is 0.900. The van der Waals surface area contributed by atoms with E-state index in [0.29, 0.717) is 19.5 Å². The van der Waals surface area contributed by atoms with Gasteiger partial charge in [-0.05, 0) is 26.9 Å². The molecule has 1 atom stereocenters. The smallest absolute Gasteiger partial charge is 0.151 e. The van der Waals surface area contributed by atoms with Crippen LogP contribution in [-0.2, 0) is 9.84 Å². The van der Waals surface area contributed by atoms with Gasteiger partial charge in [-0.15, -0.1) is 0 Å². The Hall–Kier alpha value is -0.640. The lowest BCUT2D eigenvalue weighted by Crippen LogP contribution is -2.49. The van der Waals surface area contributed by atoms with Gasteiger partial charge in [0, 0.05) is 13.1 Å². The summed E-state index contributed by atoms with van der Waals surface area (Å²) in [7, 11) is -1.12. The lowest BCUT2D eigenvalue weighted by molar-refractivity contribution is 0.240. The van der Waals surface area contributed by atoms with E-state index in [9.17, 15) is 8.42 Å². The number of hydrogen-bond acceptors (Lipinski definition) is 5. The second-order valence-electron chi connectivity index (χ2n) is 4.48. The lowest BCUT2D eigenvalue weighted by Gasteiger charge is -2.28. The fourth-order valence-electron chi connectivity index (χ4n) is 1.77. The molecule has 1 rings (SSSR count). The van der Waals surface area contributed by atoms with Crippen LogP contribution in [0.2, 0.25) is 0 Å². The molecule has 1 fully saturated rings. The van der Waals surface area contributed by atoms with Crippen molar-refractivity contribution >= 4 is 9.84 Å². The third kappa shape index (κ3) is 3.74. The van der Waals surface area contributed by atoms with Gasteiger partial charge >= 0.3 is 0 Å². The van der Waals surface area contributed by atoms with E-state index in [-0.39, 0.29) is 11.5 Å². The molecule has 1 aliphatic heterocycles. The van der Waals surface area contributed by atoms with Crippen LogP contribution in [0, 0.1) is 11.3 Å². The first-order valence-electron chi connectivity index (χ1n) is 5.44. The molecule has 1 heterocycles. The van der Waals surface area contributed by atoms with Crippen molar-refractivity contribution in [1.29, 1.82) is 5.26 Å². The van der Waals surface area contributed by atoms with E-state index in [1.807, 2.05) is 11.8 Å². The van der Waals surface area contributed by atoms with Gasteiger partial charge in [0.05, 0.1) is 17.6 Å². The average Bonchev–Trinajstić information content (AvgIpc) is 2.40. The minimum atomic E-state index is -2.87. The first-order chi connectivity index (χ1) is 7.41. The maximum atomic E-state index is 11.4. The topological polar surface area (TPSA) is 73.2 Å². The third-order valence-electron chi connectivity index (χ3n) is 2.99. The van der Waals surface area contributed by atoms with E-state index in [0.717, 1.165) is 6.54 Å². The third-order valence-corrected chi connectivity index (χ3v) is 4.70. The number of likely N-dealkylation sites (N-methyl/N-ethyl adjacent to an activating group) is 1. The van der Waals surface area contributed by atoms with Crippen molar-refractivity contribution in [2.45, 2.75) is 18.9 Å². The number of hydrogen-bond donors (Lipinski definition) is 1. The summed E-state index contributed by atoms with van der Waals surface area (Å²) in [5.74, 6) is 0.477. The molecule has 0 radical (unpaired) electrons. The molecule has 92 valence electrons. The predicted molar refractivity (Wildman–Crippen MR) is 62.8 cm³/mol. The van der Waals surface area contributed by atoms with Crippen molar-refractivity contribution in [3.05, 3.63) is 0 Å². The monoisotopic (exact) mass is 245 g/mol. The minimum Gasteiger partial charge on any atom is -0.302 e. The maximum Gasteiger partial charge on any atom is 0.151 e. The molecule has 0 aromatic carbocycles. The van der Waals surface area contributed by atoms with Crippen LogP contribution >= 0.6 is 0 Å². The number of rotatable bonds is 3. The molecular weight excluding hydrogens is 226 g/mol. The molecule has 0 saturated carbocycles. The molecule has 0 bridgehead atoms. The van der Waals surface area contributed by atoms with Gasteiger partial charge in [0.25, 0.3) is 0 Å². The quantitative estimate of drug-likeness (QED) is 0.733. The second kappa shape index (κ2) is 5.13. The fourth-order valence-corrected chi connectivity index (χ4v) is 3.08. The Labute approximate surface area is 97.3 Å². The zero-order valence-corrected chi connectivity index (χ0v) is 10.7. The summed E-state index contributed by atoms with van der Waals surface area (Å²) in [5.41, 5.74) is -0.603. The van der Waals surface area contributed by atoms with Gasteiger partial charge in [-0.1, -0.05) is 0 Å². The molecule has 0 aliphatic carbocycles. The van der Waals surface area contributed by atoms with Crippen LogP contribution in [0.25, 0.3) is 0 Å². The van der Waals surface area contributed by atoms with Crippen LogP contribution < -0.4 is 5.32 Å². The SMILES string of the molecule is CNC(C)(C#N)CN1CCCS(=O)(=O)CC1. The first kappa shape index (κ1) is 13.4. The molecule has 1 N–H and O–H groups in total. The van der Waals surface area contributed by atoms with E-state index in [1.54, 1.807) is 7.05 Å². The Kier molecular flexibility index (Phi) is 4.30. The summed E-state index contributed by atoms with van der Waals surface area (Å²) >= 11 is 0. The highest BCUT2D eigenvalue weighted by Crippen LogP contribution is 2.10. The van der Waals surface area contributed by atoms with E-state index < -0.39 is 15.4 Å². The van der Waals surface area contributed by atoms with Gasteiger partial charge in [0.15, 0.2) is 9.84 Å². The molecule has 1 aliphatic rings. The number of nitriles is 1. The van der Waals surface area contributed by atoms with Crippen molar-refractivity contribution in [2.75, 3.05) is 38.2 Å². The molecule has 6 heteroatoms. The molecule has 1 saturated heterocycles. The van der Waals surface area contributed by atoms with Gasteiger partial charge in [-0.2, -0.15) is 5.26 Å². The van der Waals surface area contributed by atoms with Crippen molar-refractivity contribution in [3.63, 3.8) is 0 Å². The molecule has 5 nitrogen and oxygen atoms in total. The molecule has 0 amide bonds. The van der Waals surface area contributed by atoms with Gasteiger partial charge in [-0.3, -0.25) is 4.90 Å². The molecule has 0 aromatic rings.